The van der Waals surface area contributed by atoms with Crippen molar-refractivity contribution in [3.63, 3.8) is 0 Å². The molecule has 122 valence electrons. The highest BCUT2D eigenvalue weighted by Gasteiger charge is 2.34. The second-order valence-electron chi connectivity index (χ2n) is 6.09. The SMILES string of the molecule is O=C(NCCc1ccccc1)C1CN(c2nc3ccccc3s2)C1. The fraction of sp³-hybridized carbons (Fsp3) is 0.263. The highest BCUT2D eigenvalue weighted by Crippen LogP contribution is 2.32. The summed E-state index contributed by atoms with van der Waals surface area (Å²) in [5.41, 5.74) is 2.29. The van der Waals surface area contributed by atoms with E-state index in [9.17, 15) is 4.79 Å². The number of fused-ring (bicyclic) bond motifs is 1. The maximum Gasteiger partial charge on any atom is 0.226 e. The standard InChI is InChI=1S/C19H19N3OS/c23-18(20-11-10-14-6-2-1-3-7-14)15-12-22(13-15)19-21-16-8-4-5-9-17(16)24-19/h1-9,15H,10-13H2,(H,20,23). The predicted molar refractivity (Wildman–Crippen MR) is 98.5 cm³/mol. The molecular weight excluding hydrogens is 318 g/mol. The Balaban J connectivity index is 1.26. The number of benzene rings is 2. The number of thiazole rings is 1. The van der Waals surface area contributed by atoms with Gasteiger partial charge >= 0.3 is 0 Å². The lowest BCUT2D eigenvalue weighted by Gasteiger charge is -2.37. The van der Waals surface area contributed by atoms with Crippen molar-refractivity contribution in [3.05, 3.63) is 60.2 Å². The van der Waals surface area contributed by atoms with Gasteiger partial charge in [0.1, 0.15) is 0 Å². The summed E-state index contributed by atoms with van der Waals surface area (Å²) in [6, 6.07) is 18.4. The van der Waals surface area contributed by atoms with E-state index in [2.05, 4.69) is 33.4 Å². The molecule has 0 saturated carbocycles. The molecule has 5 heteroatoms. The summed E-state index contributed by atoms with van der Waals surface area (Å²) in [7, 11) is 0. The van der Waals surface area contributed by atoms with Crippen molar-refractivity contribution in [2.24, 2.45) is 5.92 Å². The number of rotatable bonds is 5. The zero-order valence-electron chi connectivity index (χ0n) is 13.3. The van der Waals surface area contributed by atoms with Gasteiger partial charge in [-0.2, -0.15) is 0 Å². The topological polar surface area (TPSA) is 45.2 Å². The first-order valence-electron chi connectivity index (χ1n) is 8.22. The number of carbonyl (C=O) groups excluding carboxylic acids is 1. The molecule has 4 rings (SSSR count). The fourth-order valence-corrected chi connectivity index (χ4v) is 3.90. The lowest BCUT2D eigenvalue weighted by atomic mass is 10.00. The van der Waals surface area contributed by atoms with Gasteiger partial charge in [-0.3, -0.25) is 4.79 Å². The molecule has 1 aliphatic heterocycles. The summed E-state index contributed by atoms with van der Waals surface area (Å²) in [6.45, 7) is 2.22. The minimum atomic E-state index is 0.0767. The summed E-state index contributed by atoms with van der Waals surface area (Å²) in [5.74, 6) is 0.232. The Morgan fingerprint density at radius 1 is 1.12 bits per heavy atom. The second kappa shape index (κ2) is 6.61. The van der Waals surface area contributed by atoms with Crippen molar-refractivity contribution in [2.45, 2.75) is 6.42 Å². The summed E-state index contributed by atoms with van der Waals surface area (Å²) in [5, 5.41) is 4.07. The highest BCUT2D eigenvalue weighted by atomic mass is 32.1. The number of amides is 1. The number of carbonyl (C=O) groups is 1. The number of nitrogens with one attached hydrogen (secondary N) is 1. The first-order valence-corrected chi connectivity index (χ1v) is 9.03. The van der Waals surface area contributed by atoms with Gasteiger partial charge in [-0.05, 0) is 24.1 Å². The normalized spacial score (nSPS) is 14.6. The third kappa shape index (κ3) is 3.12. The van der Waals surface area contributed by atoms with Gasteiger partial charge in [-0.1, -0.05) is 53.8 Å². The number of para-hydroxylation sites is 1. The maximum atomic E-state index is 12.2. The highest BCUT2D eigenvalue weighted by molar-refractivity contribution is 7.22. The Hall–Kier alpha value is -2.40. The number of hydrogen-bond donors (Lipinski definition) is 1. The summed E-state index contributed by atoms with van der Waals surface area (Å²) in [4.78, 5) is 19.0. The Bertz CT molecular complexity index is 807. The van der Waals surface area contributed by atoms with E-state index in [0.29, 0.717) is 6.54 Å². The van der Waals surface area contributed by atoms with E-state index >= 15 is 0 Å². The maximum absolute atomic E-state index is 12.2. The molecule has 0 aliphatic carbocycles. The van der Waals surface area contributed by atoms with Crippen molar-refractivity contribution in [3.8, 4) is 0 Å². The predicted octanol–water partition coefficient (Wildman–Crippen LogP) is 3.09. The van der Waals surface area contributed by atoms with Gasteiger partial charge in [0, 0.05) is 19.6 Å². The van der Waals surface area contributed by atoms with Gasteiger partial charge in [-0.25, -0.2) is 4.98 Å². The van der Waals surface area contributed by atoms with Crippen LogP contribution in [0.3, 0.4) is 0 Å². The monoisotopic (exact) mass is 337 g/mol. The van der Waals surface area contributed by atoms with Crippen LogP contribution in [0.2, 0.25) is 0 Å². The molecule has 0 unspecified atom stereocenters. The quantitative estimate of drug-likeness (QED) is 0.778. The minimum Gasteiger partial charge on any atom is -0.355 e. The van der Waals surface area contributed by atoms with E-state index in [0.717, 1.165) is 30.2 Å². The Morgan fingerprint density at radius 3 is 2.67 bits per heavy atom. The lowest BCUT2D eigenvalue weighted by molar-refractivity contribution is -0.125. The van der Waals surface area contributed by atoms with Gasteiger partial charge < -0.3 is 10.2 Å². The van der Waals surface area contributed by atoms with Gasteiger partial charge in [0.15, 0.2) is 5.13 Å². The first kappa shape index (κ1) is 15.1. The lowest BCUT2D eigenvalue weighted by Crippen LogP contribution is -2.54. The van der Waals surface area contributed by atoms with E-state index in [4.69, 9.17) is 0 Å². The number of nitrogens with zero attached hydrogens (tertiary/aromatic N) is 2. The van der Waals surface area contributed by atoms with Crippen LogP contribution in [0.25, 0.3) is 10.2 Å². The van der Waals surface area contributed by atoms with Crippen LogP contribution in [-0.2, 0) is 11.2 Å². The average Bonchev–Trinajstić information content (AvgIpc) is 2.98. The van der Waals surface area contributed by atoms with E-state index in [1.54, 1.807) is 11.3 Å². The molecule has 0 radical (unpaired) electrons. The molecular formula is C19H19N3OS. The summed E-state index contributed by atoms with van der Waals surface area (Å²) < 4.78 is 1.20. The van der Waals surface area contributed by atoms with Crippen LogP contribution in [-0.4, -0.2) is 30.5 Å². The van der Waals surface area contributed by atoms with Crippen LogP contribution in [0.15, 0.2) is 54.6 Å². The molecule has 1 aromatic heterocycles. The van der Waals surface area contributed by atoms with Crippen LogP contribution in [0.4, 0.5) is 5.13 Å². The van der Waals surface area contributed by atoms with Crippen LogP contribution in [0.1, 0.15) is 5.56 Å². The summed E-state index contributed by atoms with van der Waals surface area (Å²) >= 11 is 1.69. The smallest absolute Gasteiger partial charge is 0.226 e. The third-order valence-corrected chi connectivity index (χ3v) is 5.46. The molecule has 2 aromatic carbocycles. The molecule has 1 aliphatic rings. The molecule has 0 atom stereocenters. The number of aromatic nitrogens is 1. The third-order valence-electron chi connectivity index (χ3n) is 4.36. The summed E-state index contributed by atoms with van der Waals surface area (Å²) in [6.07, 6.45) is 0.876. The van der Waals surface area contributed by atoms with Gasteiger partial charge in [0.05, 0.1) is 16.1 Å². The van der Waals surface area contributed by atoms with Crippen molar-refractivity contribution in [1.29, 1.82) is 0 Å². The van der Waals surface area contributed by atoms with Crippen LogP contribution in [0, 0.1) is 5.92 Å². The van der Waals surface area contributed by atoms with Crippen molar-refractivity contribution < 1.29 is 4.79 Å². The van der Waals surface area contributed by atoms with Gasteiger partial charge in [-0.15, -0.1) is 0 Å². The van der Waals surface area contributed by atoms with E-state index < -0.39 is 0 Å². The largest absolute Gasteiger partial charge is 0.355 e. The molecule has 2 heterocycles. The van der Waals surface area contributed by atoms with Gasteiger partial charge in [0.25, 0.3) is 0 Å². The van der Waals surface area contributed by atoms with Crippen LogP contribution < -0.4 is 10.2 Å². The Labute approximate surface area is 145 Å². The van der Waals surface area contributed by atoms with Crippen LogP contribution >= 0.6 is 11.3 Å². The van der Waals surface area contributed by atoms with Crippen molar-refractivity contribution in [1.82, 2.24) is 10.3 Å². The zero-order chi connectivity index (χ0) is 16.4. The molecule has 3 aromatic rings. The molecule has 24 heavy (non-hydrogen) atoms. The molecule has 1 fully saturated rings. The number of anilines is 1. The van der Waals surface area contributed by atoms with Crippen molar-refractivity contribution >= 4 is 32.6 Å². The fourth-order valence-electron chi connectivity index (χ4n) is 2.91. The Morgan fingerprint density at radius 2 is 1.88 bits per heavy atom. The van der Waals surface area contributed by atoms with E-state index in [1.807, 2.05) is 36.4 Å². The van der Waals surface area contributed by atoms with Crippen molar-refractivity contribution in [2.75, 3.05) is 24.5 Å². The molecule has 4 nitrogen and oxygen atoms in total. The molecule has 1 amide bonds. The van der Waals surface area contributed by atoms with E-state index in [1.165, 1.54) is 10.3 Å². The molecule has 0 spiro atoms. The molecule has 1 saturated heterocycles. The minimum absolute atomic E-state index is 0.0767. The number of hydrogen-bond acceptors (Lipinski definition) is 4. The average molecular weight is 337 g/mol. The second-order valence-corrected chi connectivity index (χ2v) is 7.10. The molecule has 0 bridgehead atoms. The van der Waals surface area contributed by atoms with Crippen LogP contribution in [0.5, 0.6) is 0 Å². The molecule has 1 N–H and O–H groups in total. The van der Waals surface area contributed by atoms with E-state index in [-0.39, 0.29) is 11.8 Å². The Kier molecular flexibility index (Phi) is 4.17. The zero-order valence-corrected chi connectivity index (χ0v) is 14.1. The van der Waals surface area contributed by atoms with Gasteiger partial charge in [0.2, 0.25) is 5.91 Å². The first-order chi connectivity index (χ1) is 11.8.